The van der Waals surface area contributed by atoms with Crippen molar-refractivity contribution in [3.63, 3.8) is 0 Å². The molecule has 0 atom stereocenters. The first kappa shape index (κ1) is 9.60. The molecule has 0 radical (unpaired) electrons. The van der Waals surface area contributed by atoms with Gasteiger partial charge >= 0.3 is 0 Å². The summed E-state index contributed by atoms with van der Waals surface area (Å²) in [6, 6.07) is 6.09. The molecule has 1 aliphatic heterocycles. The monoisotopic (exact) mass is 214 g/mol. The van der Waals surface area contributed by atoms with Gasteiger partial charge in [0.15, 0.2) is 0 Å². The number of fused-ring (bicyclic) bond motifs is 3. The van der Waals surface area contributed by atoms with Gasteiger partial charge in [-0.1, -0.05) is 17.7 Å². The minimum Gasteiger partial charge on any atom is -0.325 e. The van der Waals surface area contributed by atoms with Crippen LogP contribution in [-0.2, 0) is 13.0 Å². The predicted molar refractivity (Wildman–Crippen MR) is 64.7 cm³/mol. The first-order valence-electron chi connectivity index (χ1n) is 5.61. The molecule has 0 fully saturated rings. The van der Waals surface area contributed by atoms with Crippen LogP contribution >= 0.6 is 0 Å². The van der Waals surface area contributed by atoms with E-state index in [-0.39, 0.29) is 5.56 Å². The van der Waals surface area contributed by atoms with Crippen LogP contribution in [0.1, 0.15) is 16.8 Å². The van der Waals surface area contributed by atoms with Gasteiger partial charge in [0.25, 0.3) is 5.56 Å². The molecule has 0 unspecified atom stereocenters. The number of pyridine rings is 1. The van der Waals surface area contributed by atoms with Crippen molar-refractivity contribution in [1.29, 1.82) is 0 Å². The molecule has 0 bridgehead atoms. The zero-order valence-electron chi connectivity index (χ0n) is 9.26. The third kappa shape index (κ3) is 1.36. The lowest BCUT2D eigenvalue weighted by atomic mass is 9.99. The molecule has 0 saturated carbocycles. The van der Waals surface area contributed by atoms with Crippen LogP contribution in [0.15, 0.2) is 23.0 Å². The van der Waals surface area contributed by atoms with Gasteiger partial charge in [0, 0.05) is 30.6 Å². The van der Waals surface area contributed by atoms with Crippen LogP contribution in [0.3, 0.4) is 0 Å². The van der Waals surface area contributed by atoms with Crippen molar-refractivity contribution in [2.45, 2.75) is 19.9 Å². The lowest BCUT2D eigenvalue weighted by Crippen LogP contribution is -2.27. The second-order valence-electron chi connectivity index (χ2n) is 4.39. The predicted octanol–water partition coefficient (Wildman–Crippen LogP) is 1.48. The largest absolute Gasteiger partial charge is 0.325 e. The Morgan fingerprint density at radius 2 is 2.12 bits per heavy atom. The Morgan fingerprint density at radius 3 is 3.00 bits per heavy atom. The highest BCUT2D eigenvalue weighted by Crippen LogP contribution is 2.21. The van der Waals surface area contributed by atoms with E-state index in [2.05, 4.69) is 22.4 Å². The fourth-order valence-electron chi connectivity index (χ4n) is 2.39. The number of hydrogen-bond donors (Lipinski definition) is 2. The molecule has 0 amide bonds. The van der Waals surface area contributed by atoms with Gasteiger partial charge < -0.3 is 10.3 Å². The zero-order chi connectivity index (χ0) is 11.1. The van der Waals surface area contributed by atoms with E-state index in [0.717, 1.165) is 41.5 Å². The Morgan fingerprint density at radius 1 is 1.25 bits per heavy atom. The van der Waals surface area contributed by atoms with Gasteiger partial charge in [-0.25, -0.2) is 0 Å². The van der Waals surface area contributed by atoms with E-state index in [1.807, 2.05) is 13.0 Å². The molecule has 2 N–H and O–H groups in total. The first-order valence-corrected chi connectivity index (χ1v) is 5.61. The van der Waals surface area contributed by atoms with E-state index in [1.54, 1.807) is 0 Å². The summed E-state index contributed by atoms with van der Waals surface area (Å²) in [7, 11) is 0. The fourth-order valence-corrected chi connectivity index (χ4v) is 2.39. The molecule has 2 heterocycles. The van der Waals surface area contributed by atoms with E-state index in [9.17, 15) is 4.79 Å². The van der Waals surface area contributed by atoms with Crippen LogP contribution in [-0.4, -0.2) is 11.5 Å². The standard InChI is InChI=1S/C13H14N2O/c1-8-2-3-9-10(6-8)13(16)15-12-4-5-14-7-11(9)12/h2-3,6,14H,4-5,7H2,1H3,(H,15,16). The molecule has 0 spiro atoms. The van der Waals surface area contributed by atoms with Crippen LogP contribution < -0.4 is 10.9 Å². The van der Waals surface area contributed by atoms with E-state index in [4.69, 9.17) is 0 Å². The van der Waals surface area contributed by atoms with Crippen molar-refractivity contribution in [1.82, 2.24) is 10.3 Å². The number of rotatable bonds is 0. The van der Waals surface area contributed by atoms with Crippen molar-refractivity contribution in [3.05, 3.63) is 45.4 Å². The second kappa shape index (κ2) is 3.46. The number of hydrogen-bond acceptors (Lipinski definition) is 2. The third-order valence-corrected chi connectivity index (χ3v) is 3.23. The second-order valence-corrected chi connectivity index (χ2v) is 4.39. The lowest BCUT2D eigenvalue weighted by molar-refractivity contribution is 0.633. The van der Waals surface area contributed by atoms with Crippen LogP contribution in [0, 0.1) is 6.92 Å². The summed E-state index contributed by atoms with van der Waals surface area (Å²) in [6.07, 6.45) is 0.911. The molecule has 1 aromatic heterocycles. The summed E-state index contributed by atoms with van der Waals surface area (Å²) in [4.78, 5) is 14.9. The molecule has 0 saturated heterocycles. The maximum Gasteiger partial charge on any atom is 0.256 e. The van der Waals surface area contributed by atoms with Crippen molar-refractivity contribution in [3.8, 4) is 0 Å². The normalized spacial score (nSPS) is 15.1. The van der Waals surface area contributed by atoms with Crippen molar-refractivity contribution in [2.75, 3.05) is 6.54 Å². The Hall–Kier alpha value is -1.61. The summed E-state index contributed by atoms with van der Waals surface area (Å²) in [5.74, 6) is 0. The summed E-state index contributed by atoms with van der Waals surface area (Å²) in [5, 5.41) is 5.25. The van der Waals surface area contributed by atoms with Gasteiger partial charge in [-0.2, -0.15) is 0 Å². The maximum absolute atomic E-state index is 11.9. The van der Waals surface area contributed by atoms with Gasteiger partial charge in [-0.15, -0.1) is 0 Å². The average Bonchev–Trinajstić information content (AvgIpc) is 2.29. The number of aromatic amines is 1. The molecular formula is C13H14N2O. The minimum absolute atomic E-state index is 0.0411. The lowest BCUT2D eigenvalue weighted by Gasteiger charge is -2.18. The van der Waals surface area contributed by atoms with Crippen LogP contribution in [0.5, 0.6) is 0 Å². The smallest absolute Gasteiger partial charge is 0.256 e. The molecule has 82 valence electrons. The number of nitrogens with one attached hydrogen (secondary N) is 2. The quantitative estimate of drug-likeness (QED) is 0.697. The minimum atomic E-state index is 0.0411. The van der Waals surface area contributed by atoms with Gasteiger partial charge in [0.2, 0.25) is 0 Å². The Bertz CT molecular complexity index is 613. The highest BCUT2D eigenvalue weighted by molar-refractivity contribution is 5.86. The molecule has 16 heavy (non-hydrogen) atoms. The summed E-state index contributed by atoms with van der Waals surface area (Å²) >= 11 is 0. The third-order valence-electron chi connectivity index (χ3n) is 3.23. The van der Waals surface area contributed by atoms with Gasteiger partial charge in [0.05, 0.1) is 0 Å². The van der Waals surface area contributed by atoms with E-state index < -0.39 is 0 Å². The summed E-state index contributed by atoms with van der Waals surface area (Å²) < 4.78 is 0. The first-order chi connectivity index (χ1) is 7.75. The van der Waals surface area contributed by atoms with Gasteiger partial charge in [0.1, 0.15) is 0 Å². The van der Waals surface area contributed by atoms with Gasteiger partial charge in [-0.3, -0.25) is 4.79 Å². The summed E-state index contributed by atoms with van der Waals surface area (Å²) in [6.45, 7) is 3.81. The van der Waals surface area contributed by atoms with Crippen molar-refractivity contribution >= 4 is 10.8 Å². The number of benzene rings is 1. The van der Waals surface area contributed by atoms with E-state index in [1.165, 1.54) is 5.56 Å². The molecule has 3 nitrogen and oxygen atoms in total. The Balaban J connectivity index is 2.42. The van der Waals surface area contributed by atoms with Crippen molar-refractivity contribution in [2.24, 2.45) is 0 Å². The highest BCUT2D eigenvalue weighted by atomic mass is 16.1. The molecule has 3 heteroatoms. The Kier molecular flexibility index (Phi) is 2.07. The van der Waals surface area contributed by atoms with E-state index >= 15 is 0 Å². The maximum atomic E-state index is 11.9. The SMILES string of the molecule is Cc1ccc2c3c([nH]c(=O)c2c1)CCNC3. The highest BCUT2D eigenvalue weighted by Gasteiger charge is 2.14. The topological polar surface area (TPSA) is 44.9 Å². The summed E-state index contributed by atoms with van der Waals surface area (Å²) in [5.41, 5.74) is 3.52. The molecule has 1 aromatic carbocycles. The fraction of sp³-hybridized carbons (Fsp3) is 0.308. The molecule has 1 aliphatic rings. The molecular weight excluding hydrogens is 200 g/mol. The van der Waals surface area contributed by atoms with Gasteiger partial charge in [-0.05, 0) is 23.9 Å². The number of aromatic nitrogens is 1. The molecule has 3 rings (SSSR count). The average molecular weight is 214 g/mol. The number of aryl methyl sites for hydroxylation is 1. The zero-order valence-corrected chi connectivity index (χ0v) is 9.26. The van der Waals surface area contributed by atoms with Crippen LogP contribution in [0.4, 0.5) is 0 Å². The van der Waals surface area contributed by atoms with Crippen LogP contribution in [0.2, 0.25) is 0 Å². The van der Waals surface area contributed by atoms with E-state index in [0.29, 0.717) is 0 Å². The Labute approximate surface area is 93.5 Å². The number of H-pyrrole nitrogens is 1. The molecule has 2 aromatic rings. The van der Waals surface area contributed by atoms with Crippen LogP contribution in [0.25, 0.3) is 10.8 Å². The molecule has 0 aliphatic carbocycles. The van der Waals surface area contributed by atoms with Crippen molar-refractivity contribution < 1.29 is 0 Å².